The number of benzene rings is 3. The minimum absolute atomic E-state index is 0.0475. The molecule has 7 rings (SSSR count). The number of aliphatic hydroxyl groups excluding tert-OH is 1. The largest absolute Gasteiger partial charge is 0.481 e. The summed E-state index contributed by atoms with van der Waals surface area (Å²) in [5.74, 6) is 0.309. The number of nitrogens with one attached hydrogen (secondary N) is 2. The summed E-state index contributed by atoms with van der Waals surface area (Å²) in [4.78, 5) is 28.2. The Hall–Kier alpha value is -5.67. The van der Waals surface area contributed by atoms with Gasteiger partial charge in [0.1, 0.15) is 17.1 Å². The third-order valence-corrected chi connectivity index (χ3v) is 10.6. The molecule has 1 aliphatic heterocycles. The van der Waals surface area contributed by atoms with E-state index in [9.17, 15) is 20.3 Å². The van der Waals surface area contributed by atoms with Gasteiger partial charge < -0.3 is 25.3 Å². The predicted octanol–water partition coefficient (Wildman–Crippen LogP) is 7.49. The maximum atomic E-state index is 11.8. The number of rotatable bonds is 12. The minimum Gasteiger partial charge on any atom is -0.481 e. The van der Waals surface area contributed by atoms with Gasteiger partial charge in [0, 0.05) is 54.7 Å². The van der Waals surface area contributed by atoms with Gasteiger partial charge in [0.2, 0.25) is 5.89 Å². The van der Waals surface area contributed by atoms with Crippen molar-refractivity contribution in [2.75, 3.05) is 25.0 Å². The molecule has 4 heterocycles. The number of likely N-dealkylation sites (tertiary alicyclic amines) is 1. The second kappa shape index (κ2) is 14.8. The normalized spacial score (nSPS) is 16.6. The minimum atomic E-state index is -0.784. The van der Waals surface area contributed by atoms with E-state index < -0.39 is 11.4 Å². The first-order valence-electron chi connectivity index (χ1n) is 17.9. The van der Waals surface area contributed by atoms with Crippen molar-refractivity contribution >= 4 is 39.5 Å². The smallest absolute Gasteiger partial charge is 0.310 e. The van der Waals surface area contributed by atoms with Crippen molar-refractivity contribution in [2.24, 2.45) is 5.41 Å². The summed E-state index contributed by atoms with van der Waals surface area (Å²) in [6.07, 6.45) is 5.06. The highest BCUT2D eigenvalue weighted by atomic mass is 16.4. The molecule has 270 valence electrons. The number of carboxylic acids is 1. The van der Waals surface area contributed by atoms with E-state index in [0.29, 0.717) is 61.0 Å². The Labute approximate surface area is 308 Å². The summed E-state index contributed by atoms with van der Waals surface area (Å²) in [5, 5.41) is 37.1. The van der Waals surface area contributed by atoms with Crippen molar-refractivity contribution in [1.82, 2.24) is 25.2 Å². The first-order valence-corrected chi connectivity index (χ1v) is 17.9. The highest BCUT2D eigenvalue weighted by Gasteiger charge is 2.40. The van der Waals surface area contributed by atoms with Gasteiger partial charge in [-0.2, -0.15) is 5.26 Å². The number of anilines is 2. The fourth-order valence-corrected chi connectivity index (χ4v) is 7.25. The number of hydrogen-bond donors (Lipinski definition) is 4. The van der Waals surface area contributed by atoms with E-state index in [2.05, 4.69) is 58.6 Å². The van der Waals surface area contributed by atoms with Gasteiger partial charge in [0.15, 0.2) is 11.4 Å². The van der Waals surface area contributed by atoms with Crippen LogP contribution in [0.15, 0.2) is 77.5 Å². The van der Waals surface area contributed by atoms with Gasteiger partial charge in [-0.05, 0) is 110 Å². The topological polar surface area (TPSA) is 160 Å². The summed E-state index contributed by atoms with van der Waals surface area (Å²) >= 11 is 0. The lowest BCUT2D eigenvalue weighted by Gasteiger charge is -2.20. The monoisotopic (exact) mass is 709 g/mol. The van der Waals surface area contributed by atoms with Crippen molar-refractivity contribution < 1.29 is 19.4 Å². The van der Waals surface area contributed by atoms with E-state index in [1.807, 2.05) is 55.6 Å². The Morgan fingerprint density at radius 1 is 1.06 bits per heavy atom. The fraction of sp³-hybridized carbons (Fsp3) is 0.310. The van der Waals surface area contributed by atoms with Crippen LogP contribution in [-0.2, 0) is 17.9 Å². The van der Waals surface area contributed by atoms with Gasteiger partial charge in [0.05, 0.1) is 17.6 Å². The van der Waals surface area contributed by atoms with Gasteiger partial charge in [-0.3, -0.25) is 14.7 Å². The molecule has 3 aromatic carbocycles. The lowest BCUT2D eigenvalue weighted by molar-refractivity contribution is -0.147. The molecular formula is C42H43N7O4. The third kappa shape index (κ3) is 7.09. The van der Waals surface area contributed by atoms with Crippen LogP contribution in [0.3, 0.4) is 0 Å². The molecule has 0 spiro atoms. The van der Waals surface area contributed by atoms with E-state index in [1.165, 1.54) is 0 Å². The maximum absolute atomic E-state index is 11.8. The Morgan fingerprint density at radius 3 is 2.57 bits per heavy atom. The SMILES string of the molecule is CCC(CO)NCc1cnc2c(Nc3cccc(-c4cccc(-c5nc6cc(CN7CC[C@@](C)(C(=O)O)C7)cc(C#N)c6o5)c4C)c3C)nccc2c1. The second-order valence-corrected chi connectivity index (χ2v) is 14.3. The molecule has 0 amide bonds. The van der Waals surface area contributed by atoms with Crippen LogP contribution < -0.4 is 10.6 Å². The number of carboxylic acid groups (broad SMARTS) is 1. The van der Waals surface area contributed by atoms with Gasteiger partial charge in [-0.15, -0.1) is 0 Å². The molecule has 11 nitrogen and oxygen atoms in total. The van der Waals surface area contributed by atoms with Crippen LogP contribution in [0.5, 0.6) is 0 Å². The quantitative estimate of drug-likeness (QED) is 0.0997. The highest BCUT2D eigenvalue weighted by molar-refractivity contribution is 5.91. The molecule has 0 bridgehead atoms. The van der Waals surface area contributed by atoms with E-state index in [1.54, 1.807) is 13.1 Å². The summed E-state index contributed by atoms with van der Waals surface area (Å²) < 4.78 is 6.29. The molecule has 0 radical (unpaired) electrons. The molecule has 53 heavy (non-hydrogen) atoms. The zero-order valence-corrected chi connectivity index (χ0v) is 30.4. The number of aromatic nitrogens is 3. The molecule has 11 heteroatoms. The molecule has 2 atom stereocenters. The first-order chi connectivity index (χ1) is 25.6. The van der Waals surface area contributed by atoms with Crippen molar-refractivity contribution in [1.29, 1.82) is 5.26 Å². The van der Waals surface area contributed by atoms with Gasteiger partial charge >= 0.3 is 5.97 Å². The standard InChI is InChI=1S/C42H43N7O4/c1-5-31(23-50)45-20-28-17-29-12-14-44-39(37(29)46-21-28)47-35-11-7-9-33(26(35)3)32-8-6-10-34(25(32)2)40-48-36-18-27(16-30(19-43)38(36)53-40)22-49-15-13-42(4,24-49)41(51)52/h6-12,14,16-18,21,31,45,50H,5,13,15,20,22-24H2,1-4H3,(H,44,47)(H,51,52)/t31?,42-/m1/s1. The first kappa shape index (κ1) is 35.7. The van der Waals surface area contributed by atoms with Crippen molar-refractivity contribution in [2.45, 2.75) is 59.7 Å². The molecule has 6 aromatic rings. The molecule has 1 fully saturated rings. The molecule has 3 aromatic heterocycles. The van der Waals surface area contributed by atoms with Crippen molar-refractivity contribution in [3.63, 3.8) is 0 Å². The number of aliphatic carboxylic acids is 1. The average molecular weight is 710 g/mol. The lowest BCUT2D eigenvalue weighted by atomic mass is 9.90. The number of oxazole rings is 1. The van der Waals surface area contributed by atoms with E-state index in [4.69, 9.17) is 14.4 Å². The molecule has 4 N–H and O–H groups in total. The number of pyridine rings is 2. The number of nitrogens with zero attached hydrogens (tertiary/aromatic N) is 5. The Morgan fingerprint density at radius 2 is 1.83 bits per heavy atom. The number of aliphatic hydroxyl groups is 1. The molecule has 1 saturated heterocycles. The number of hydrogen-bond acceptors (Lipinski definition) is 10. The van der Waals surface area contributed by atoms with Crippen LogP contribution in [0.1, 0.15) is 54.5 Å². The Bertz CT molecular complexity index is 2380. The van der Waals surface area contributed by atoms with Crippen molar-refractivity contribution in [3.05, 3.63) is 101 Å². The fourth-order valence-electron chi connectivity index (χ4n) is 7.25. The predicted molar refractivity (Wildman–Crippen MR) is 206 cm³/mol. The number of nitriles is 1. The van der Waals surface area contributed by atoms with E-state index in [-0.39, 0.29) is 12.6 Å². The summed E-state index contributed by atoms with van der Waals surface area (Å²) in [6.45, 7) is 10.3. The molecule has 1 aliphatic rings. The lowest BCUT2D eigenvalue weighted by Crippen LogP contribution is -2.31. The van der Waals surface area contributed by atoms with Crippen LogP contribution in [0.25, 0.3) is 44.6 Å². The second-order valence-electron chi connectivity index (χ2n) is 14.3. The Kier molecular flexibility index (Phi) is 9.94. The molecule has 0 saturated carbocycles. The molecular weight excluding hydrogens is 667 g/mol. The summed E-state index contributed by atoms with van der Waals surface area (Å²) in [6, 6.07) is 22.3. The summed E-state index contributed by atoms with van der Waals surface area (Å²) in [7, 11) is 0. The van der Waals surface area contributed by atoms with Gasteiger partial charge in [-0.1, -0.05) is 31.2 Å². The Balaban J connectivity index is 1.16. The van der Waals surface area contributed by atoms with Crippen LogP contribution in [0, 0.1) is 30.6 Å². The number of fused-ring (bicyclic) bond motifs is 2. The van der Waals surface area contributed by atoms with Crippen LogP contribution in [0.2, 0.25) is 0 Å². The zero-order chi connectivity index (χ0) is 37.3. The highest BCUT2D eigenvalue weighted by Crippen LogP contribution is 2.38. The zero-order valence-electron chi connectivity index (χ0n) is 30.4. The van der Waals surface area contributed by atoms with Gasteiger partial charge in [0.25, 0.3) is 0 Å². The van der Waals surface area contributed by atoms with Crippen molar-refractivity contribution in [3.8, 4) is 28.7 Å². The average Bonchev–Trinajstić information content (AvgIpc) is 3.76. The maximum Gasteiger partial charge on any atom is 0.310 e. The van der Waals surface area contributed by atoms with Crippen LogP contribution >= 0.6 is 0 Å². The van der Waals surface area contributed by atoms with Gasteiger partial charge in [-0.25, -0.2) is 9.97 Å². The third-order valence-electron chi connectivity index (χ3n) is 10.6. The number of carbonyl (C=O) groups is 1. The molecule has 1 unspecified atom stereocenters. The summed E-state index contributed by atoms with van der Waals surface area (Å²) in [5.41, 5.74) is 9.18. The molecule has 0 aliphatic carbocycles. The van der Waals surface area contributed by atoms with E-state index in [0.717, 1.165) is 62.0 Å². The van der Waals surface area contributed by atoms with Crippen LogP contribution in [0.4, 0.5) is 11.5 Å². The van der Waals surface area contributed by atoms with E-state index >= 15 is 0 Å². The van der Waals surface area contributed by atoms with Crippen LogP contribution in [-0.4, -0.2) is 61.8 Å².